The Morgan fingerprint density at radius 3 is 3.09 bits per heavy atom. The monoisotopic (exact) mass is 317 g/mol. The number of thiol groups is 1. The first-order chi connectivity index (χ1) is 10.6. The van der Waals surface area contributed by atoms with Gasteiger partial charge in [0, 0.05) is 23.6 Å². The summed E-state index contributed by atoms with van der Waals surface area (Å²) in [5.41, 5.74) is 1.66. The molecule has 0 radical (unpaired) electrons. The van der Waals surface area contributed by atoms with Crippen LogP contribution in [0.25, 0.3) is 10.9 Å². The van der Waals surface area contributed by atoms with Crippen LogP contribution in [0.15, 0.2) is 30.7 Å². The number of aromatic amines is 2. The van der Waals surface area contributed by atoms with Gasteiger partial charge in [0.2, 0.25) is 0 Å². The van der Waals surface area contributed by atoms with E-state index in [2.05, 4.69) is 32.9 Å². The molecule has 0 saturated heterocycles. The van der Waals surface area contributed by atoms with Crippen molar-refractivity contribution in [2.75, 3.05) is 4.90 Å². The van der Waals surface area contributed by atoms with Crippen molar-refractivity contribution in [3.8, 4) is 0 Å². The summed E-state index contributed by atoms with van der Waals surface area (Å²) in [6, 6.07) is 4.60. The summed E-state index contributed by atoms with van der Waals surface area (Å²) in [5.74, 6) is 0.00593. The van der Waals surface area contributed by atoms with Crippen LogP contribution in [0.1, 0.15) is 16.1 Å². The Kier molecular flexibility index (Phi) is 2.86. The fraction of sp³-hybridized carbons (Fsp3) is 0.143. The number of halogens is 1. The first-order valence-electron chi connectivity index (χ1n) is 6.68. The molecule has 22 heavy (non-hydrogen) atoms. The molecule has 0 saturated carbocycles. The smallest absolute Gasteiger partial charge is 0.273 e. The van der Waals surface area contributed by atoms with Crippen molar-refractivity contribution < 1.29 is 9.18 Å². The zero-order valence-electron chi connectivity index (χ0n) is 11.3. The lowest BCUT2D eigenvalue weighted by Crippen LogP contribution is -2.49. The van der Waals surface area contributed by atoms with E-state index in [0.717, 1.165) is 16.5 Å². The third kappa shape index (κ3) is 1.95. The molecule has 8 heteroatoms. The molecule has 1 aliphatic heterocycles. The highest BCUT2D eigenvalue weighted by molar-refractivity contribution is 7.81. The molecule has 3 aromatic rings. The van der Waals surface area contributed by atoms with Gasteiger partial charge in [-0.05, 0) is 23.8 Å². The Hall–Kier alpha value is -2.48. The number of hydrogen-bond acceptors (Lipinski definition) is 4. The van der Waals surface area contributed by atoms with Crippen LogP contribution in [0.5, 0.6) is 0 Å². The average Bonchev–Trinajstić information content (AvgIpc) is 3.10. The Morgan fingerprint density at radius 1 is 1.36 bits per heavy atom. The van der Waals surface area contributed by atoms with Gasteiger partial charge >= 0.3 is 0 Å². The van der Waals surface area contributed by atoms with Gasteiger partial charge < -0.3 is 20.2 Å². The van der Waals surface area contributed by atoms with Gasteiger partial charge in [-0.25, -0.2) is 9.37 Å². The highest BCUT2D eigenvalue weighted by Crippen LogP contribution is 2.28. The van der Waals surface area contributed by atoms with Crippen molar-refractivity contribution in [3.63, 3.8) is 0 Å². The van der Waals surface area contributed by atoms with Crippen LogP contribution in [0.3, 0.4) is 0 Å². The first kappa shape index (κ1) is 13.2. The zero-order valence-corrected chi connectivity index (χ0v) is 12.2. The number of benzene rings is 1. The van der Waals surface area contributed by atoms with Crippen molar-refractivity contribution in [3.05, 3.63) is 47.8 Å². The van der Waals surface area contributed by atoms with Gasteiger partial charge in [-0.15, -0.1) is 12.6 Å². The van der Waals surface area contributed by atoms with E-state index >= 15 is 0 Å². The summed E-state index contributed by atoms with van der Waals surface area (Å²) in [4.78, 5) is 23.8. The van der Waals surface area contributed by atoms with Crippen molar-refractivity contribution in [1.82, 2.24) is 20.3 Å². The number of H-pyrrole nitrogens is 2. The molecular formula is C14H12FN5OS. The van der Waals surface area contributed by atoms with E-state index in [4.69, 9.17) is 0 Å². The number of hydrogen-bond donors (Lipinski definition) is 4. The van der Waals surface area contributed by atoms with Crippen molar-refractivity contribution in [2.24, 2.45) is 0 Å². The maximum atomic E-state index is 13.5. The molecule has 1 aromatic carbocycles. The molecule has 0 fully saturated rings. The SMILES string of the molecule is O=C1NC(S)N(Cc2c[nH]c3ccc(F)cc23)c2nc[nH]c21. The Balaban J connectivity index is 1.75. The van der Waals surface area contributed by atoms with Gasteiger partial charge in [0.1, 0.15) is 17.0 Å². The average molecular weight is 317 g/mol. The molecule has 112 valence electrons. The van der Waals surface area contributed by atoms with Crippen molar-refractivity contribution in [1.29, 1.82) is 0 Å². The molecule has 0 aliphatic carbocycles. The molecule has 6 nitrogen and oxygen atoms in total. The number of imidazole rings is 1. The number of carbonyl (C=O) groups is 1. The summed E-state index contributed by atoms with van der Waals surface area (Å²) in [7, 11) is 0. The third-order valence-electron chi connectivity index (χ3n) is 3.74. The number of amides is 1. The topological polar surface area (TPSA) is 76.8 Å². The van der Waals surface area contributed by atoms with Crippen LogP contribution in [-0.4, -0.2) is 26.4 Å². The van der Waals surface area contributed by atoms with Crippen LogP contribution >= 0.6 is 12.6 Å². The maximum absolute atomic E-state index is 13.5. The largest absolute Gasteiger partial charge is 0.361 e. The van der Waals surface area contributed by atoms with E-state index in [-0.39, 0.29) is 11.7 Å². The van der Waals surface area contributed by atoms with Gasteiger partial charge in [0.05, 0.1) is 6.33 Å². The second-order valence-corrected chi connectivity index (χ2v) is 5.57. The summed E-state index contributed by atoms with van der Waals surface area (Å²) in [6.07, 6.45) is 3.30. The molecule has 1 amide bonds. The van der Waals surface area contributed by atoms with E-state index in [1.54, 1.807) is 6.07 Å². The summed E-state index contributed by atoms with van der Waals surface area (Å²) < 4.78 is 13.5. The van der Waals surface area contributed by atoms with E-state index in [0.29, 0.717) is 18.1 Å². The molecule has 2 aromatic heterocycles. The van der Waals surface area contributed by atoms with Gasteiger partial charge in [0.15, 0.2) is 5.82 Å². The van der Waals surface area contributed by atoms with E-state index < -0.39 is 5.50 Å². The first-order valence-corrected chi connectivity index (χ1v) is 7.19. The number of aromatic nitrogens is 3. The molecule has 4 rings (SSSR count). The molecule has 0 bridgehead atoms. The fourth-order valence-corrected chi connectivity index (χ4v) is 2.99. The quantitative estimate of drug-likeness (QED) is 0.546. The fourth-order valence-electron chi connectivity index (χ4n) is 2.68. The van der Waals surface area contributed by atoms with Crippen LogP contribution < -0.4 is 10.2 Å². The van der Waals surface area contributed by atoms with Gasteiger partial charge in [0.25, 0.3) is 5.91 Å². The molecule has 3 N–H and O–H groups in total. The number of nitrogens with one attached hydrogen (secondary N) is 3. The number of carbonyl (C=O) groups excluding carboxylic acids is 1. The summed E-state index contributed by atoms with van der Waals surface area (Å²) in [5, 5.41) is 3.54. The third-order valence-corrected chi connectivity index (χ3v) is 4.15. The maximum Gasteiger partial charge on any atom is 0.273 e. The minimum absolute atomic E-state index is 0.242. The normalized spacial score (nSPS) is 17.6. The zero-order chi connectivity index (χ0) is 15.3. The molecule has 1 atom stereocenters. The summed E-state index contributed by atoms with van der Waals surface area (Å²) in [6.45, 7) is 0.440. The molecular weight excluding hydrogens is 305 g/mol. The standard InChI is InChI=1S/C14H12FN5OS/c15-8-1-2-10-9(3-8)7(4-16-10)5-20-12-11(17-6-18-12)13(21)19-14(20)22/h1-4,6,14,16,22H,5H2,(H,17,18)(H,19,21). The minimum Gasteiger partial charge on any atom is -0.361 e. The van der Waals surface area contributed by atoms with Crippen molar-refractivity contribution >= 4 is 35.3 Å². The Bertz CT molecular complexity index is 873. The van der Waals surface area contributed by atoms with Crippen LogP contribution in [0.2, 0.25) is 0 Å². The predicted molar refractivity (Wildman–Crippen MR) is 83.3 cm³/mol. The Morgan fingerprint density at radius 2 is 2.23 bits per heavy atom. The molecule has 1 aliphatic rings. The lowest BCUT2D eigenvalue weighted by Gasteiger charge is -2.33. The van der Waals surface area contributed by atoms with Gasteiger partial charge in [-0.3, -0.25) is 4.79 Å². The highest BCUT2D eigenvalue weighted by atomic mass is 32.1. The Labute approximate surface area is 130 Å². The van der Waals surface area contributed by atoms with Crippen molar-refractivity contribution in [2.45, 2.75) is 12.0 Å². The van der Waals surface area contributed by atoms with Crippen LogP contribution in [0, 0.1) is 5.82 Å². The lowest BCUT2D eigenvalue weighted by molar-refractivity contribution is 0.0937. The molecule has 1 unspecified atom stereocenters. The number of fused-ring (bicyclic) bond motifs is 2. The number of rotatable bonds is 2. The second-order valence-electron chi connectivity index (χ2n) is 5.08. The van der Waals surface area contributed by atoms with Gasteiger partial charge in [-0.1, -0.05) is 0 Å². The van der Waals surface area contributed by atoms with E-state index in [1.807, 2.05) is 11.1 Å². The molecule has 0 spiro atoms. The van der Waals surface area contributed by atoms with E-state index in [9.17, 15) is 9.18 Å². The lowest BCUT2D eigenvalue weighted by atomic mass is 10.1. The highest BCUT2D eigenvalue weighted by Gasteiger charge is 2.31. The number of anilines is 1. The van der Waals surface area contributed by atoms with Crippen LogP contribution in [-0.2, 0) is 6.54 Å². The minimum atomic E-state index is -0.498. The number of nitrogens with zero attached hydrogens (tertiary/aromatic N) is 2. The van der Waals surface area contributed by atoms with Crippen LogP contribution in [0.4, 0.5) is 10.2 Å². The molecule has 3 heterocycles. The van der Waals surface area contributed by atoms with E-state index in [1.165, 1.54) is 18.5 Å². The predicted octanol–water partition coefficient (Wildman–Crippen LogP) is 1.99. The second kappa shape index (κ2) is 4.77. The van der Waals surface area contributed by atoms with Gasteiger partial charge in [-0.2, -0.15) is 0 Å². The summed E-state index contributed by atoms with van der Waals surface area (Å²) >= 11 is 4.40.